The predicted molar refractivity (Wildman–Crippen MR) is 78.1 cm³/mol. The van der Waals surface area contributed by atoms with Gasteiger partial charge in [-0.1, -0.05) is 45.0 Å². The molecule has 0 aliphatic rings. The standard InChI is InChI=1S/C14H21ClO2S/c1-5-14(2,3)12-8-6-11(7-9-12)13(15)10-18(4,16)17/h6-9,13H,5,10H2,1-4H3. The molecule has 0 spiro atoms. The van der Waals surface area contributed by atoms with Crippen LogP contribution in [0.1, 0.15) is 43.7 Å². The fourth-order valence-corrected chi connectivity index (χ4v) is 3.27. The Morgan fingerprint density at radius 3 is 2.11 bits per heavy atom. The van der Waals surface area contributed by atoms with Crippen LogP contribution in [0.2, 0.25) is 0 Å². The average molecular weight is 289 g/mol. The molecular weight excluding hydrogens is 268 g/mol. The summed E-state index contributed by atoms with van der Waals surface area (Å²) in [6, 6.07) is 7.93. The van der Waals surface area contributed by atoms with E-state index in [-0.39, 0.29) is 11.2 Å². The van der Waals surface area contributed by atoms with Crippen molar-refractivity contribution in [2.45, 2.75) is 38.0 Å². The van der Waals surface area contributed by atoms with Crippen molar-refractivity contribution in [3.8, 4) is 0 Å². The minimum atomic E-state index is -3.05. The molecule has 0 aromatic heterocycles. The fraction of sp³-hybridized carbons (Fsp3) is 0.571. The van der Waals surface area contributed by atoms with Gasteiger partial charge in [0.1, 0.15) is 9.84 Å². The van der Waals surface area contributed by atoms with Gasteiger partial charge in [0.25, 0.3) is 0 Å². The molecule has 1 rings (SSSR count). The van der Waals surface area contributed by atoms with Gasteiger partial charge >= 0.3 is 0 Å². The van der Waals surface area contributed by atoms with Gasteiger partial charge in [0.05, 0.1) is 11.1 Å². The third kappa shape index (κ3) is 4.29. The van der Waals surface area contributed by atoms with Crippen molar-refractivity contribution in [3.05, 3.63) is 35.4 Å². The van der Waals surface area contributed by atoms with Gasteiger partial charge in [0, 0.05) is 6.26 Å². The van der Waals surface area contributed by atoms with Crippen LogP contribution in [-0.4, -0.2) is 20.4 Å². The Balaban J connectivity index is 2.90. The van der Waals surface area contributed by atoms with Crippen molar-refractivity contribution in [1.29, 1.82) is 0 Å². The molecule has 0 amide bonds. The molecule has 18 heavy (non-hydrogen) atoms. The molecule has 1 aromatic rings. The number of hydrogen-bond donors (Lipinski definition) is 0. The highest BCUT2D eigenvalue weighted by molar-refractivity contribution is 7.90. The second kappa shape index (κ2) is 5.62. The maximum Gasteiger partial charge on any atom is 0.149 e. The van der Waals surface area contributed by atoms with Gasteiger partial charge in [-0.25, -0.2) is 8.42 Å². The van der Waals surface area contributed by atoms with Crippen LogP contribution in [-0.2, 0) is 15.3 Å². The lowest BCUT2D eigenvalue weighted by molar-refractivity contribution is 0.506. The van der Waals surface area contributed by atoms with E-state index in [0.717, 1.165) is 12.0 Å². The van der Waals surface area contributed by atoms with Crippen LogP contribution in [0.25, 0.3) is 0 Å². The zero-order chi connectivity index (χ0) is 14.0. The summed E-state index contributed by atoms with van der Waals surface area (Å²) in [4.78, 5) is 0. The number of sulfone groups is 1. The summed E-state index contributed by atoms with van der Waals surface area (Å²) in [6.45, 7) is 6.54. The van der Waals surface area contributed by atoms with E-state index in [4.69, 9.17) is 11.6 Å². The maximum atomic E-state index is 11.2. The number of rotatable bonds is 5. The van der Waals surface area contributed by atoms with Gasteiger partial charge in [0.15, 0.2) is 0 Å². The minimum Gasteiger partial charge on any atom is -0.229 e. The highest BCUT2D eigenvalue weighted by atomic mass is 35.5. The van der Waals surface area contributed by atoms with E-state index in [9.17, 15) is 8.42 Å². The summed E-state index contributed by atoms with van der Waals surface area (Å²) in [5.74, 6) is -0.0227. The Morgan fingerprint density at radius 1 is 1.22 bits per heavy atom. The average Bonchev–Trinajstić information content (AvgIpc) is 2.27. The molecule has 0 fully saturated rings. The summed E-state index contributed by atoms with van der Waals surface area (Å²) in [5, 5.41) is -0.473. The van der Waals surface area contributed by atoms with Crippen LogP contribution in [0, 0.1) is 0 Å². The number of hydrogen-bond acceptors (Lipinski definition) is 2. The molecule has 0 bridgehead atoms. The third-order valence-electron chi connectivity index (χ3n) is 3.39. The molecule has 0 saturated carbocycles. The quantitative estimate of drug-likeness (QED) is 0.774. The first kappa shape index (κ1) is 15.5. The van der Waals surface area contributed by atoms with Gasteiger partial charge in [-0.15, -0.1) is 11.6 Å². The Morgan fingerprint density at radius 2 is 1.72 bits per heavy atom. The van der Waals surface area contributed by atoms with Crippen molar-refractivity contribution >= 4 is 21.4 Å². The zero-order valence-electron chi connectivity index (χ0n) is 11.4. The van der Waals surface area contributed by atoms with E-state index in [0.29, 0.717) is 0 Å². The van der Waals surface area contributed by atoms with Crippen LogP contribution in [0.5, 0.6) is 0 Å². The maximum absolute atomic E-state index is 11.2. The smallest absolute Gasteiger partial charge is 0.149 e. The summed E-state index contributed by atoms with van der Waals surface area (Å²) >= 11 is 6.11. The number of benzene rings is 1. The first-order chi connectivity index (χ1) is 8.15. The second-order valence-corrected chi connectivity index (χ2v) is 8.13. The molecule has 0 heterocycles. The molecule has 0 aliphatic heterocycles. The first-order valence-electron chi connectivity index (χ1n) is 6.08. The van der Waals surface area contributed by atoms with Crippen LogP contribution in [0.4, 0.5) is 0 Å². The third-order valence-corrected chi connectivity index (χ3v) is 4.91. The second-order valence-electron chi connectivity index (χ2n) is 5.42. The van der Waals surface area contributed by atoms with E-state index in [1.165, 1.54) is 11.8 Å². The van der Waals surface area contributed by atoms with Gasteiger partial charge in [-0.05, 0) is 23.0 Å². The highest BCUT2D eigenvalue weighted by Crippen LogP contribution is 2.29. The number of alkyl halides is 1. The molecule has 0 saturated heterocycles. The van der Waals surface area contributed by atoms with E-state index < -0.39 is 15.2 Å². The summed E-state index contributed by atoms with van der Waals surface area (Å²) < 4.78 is 22.4. The Kier molecular flexibility index (Phi) is 4.84. The van der Waals surface area contributed by atoms with Crippen molar-refractivity contribution < 1.29 is 8.42 Å². The van der Waals surface area contributed by atoms with E-state index in [2.05, 4.69) is 20.8 Å². The highest BCUT2D eigenvalue weighted by Gasteiger charge is 2.19. The van der Waals surface area contributed by atoms with Crippen LogP contribution in [0.15, 0.2) is 24.3 Å². The number of halogens is 1. The monoisotopic (exact) mass is 288 g/mol. The topological polar surface area (TPSA) is 34.1 Å². The SMILES string of the molecule is CCC(C)(C)c1ccc(C(Cl)CS(C)(=O)=O)cc1. The summed E-state index contributed by atoms with van der Waals surface area (Å²) in [7, 11) is -3.05. The summed E-state index contributed by atoms with van der Waals surface area (Å²) in [5.41, 5.74) is 2.24. The Bertz CT molecular complexity index is 489. The fourth-order valence-electron chi connectivity index (χ4n) is 1.71. The van der Waals surface area contributed by atoms with Crippen molar-refractivity contribution in [3.63, 3.8) is 0 Å². The molecule has 1 atom stereocenters. The van der Waals surface area contributed by atoms with Gasteiger partial charge in [-0.3, -0.25) is 0 Å². The van der Waals surface area contributed by atoms with E-state index in [1.807, 2.05) is 24.3 Å². The lowest BCUT2D eigenvalue weighted by atomic mass is 9.82. The Hall–Kier alpha value is -0.540. The molecular formula is C14H21ClO2S. The molecule has 1 aromatic carbocycles. The molecule has 1 unspecified atom stereocenters. The molecule has 2 nitrogen and oxygen atoms in total. The van der Waals surface area contributed by atoms with Crippen molar-refractivity contribution in [2.24, 2.45) is 0 Å². The van der Waals surface area contributed by atoms with E-state index >= 15 is 0 Å². The first-order valence-corrected chi connectivity index (χ1v) is 8.57. The molecule has 0 N–H and O–H groups in total. The lowest BCUT2D eigenvalue weighted by Crippen LogP contribution is -2.15. The zero-order valence-corrected chi connectivity index (χ0v) is 13.0. The predicted octanol–water partition coefficient (Wildman–Crippen LogP) is 3.70. The largest absolute Gasteiger partial charge is 0.229 e. The molecule has 102 valence electrons. The van der Waals surface area contributed by atoms with Gasteiger partial charge in [0.2, 0.25) is 0 Å². The molecule has 0 radical (unpaired) electrons. The van der Waals surface area contributed by atoms with E-state index in [1.54, 1.807) is 0 Å². The minimum absolute atomic E-state index is 0.0227. The normalized spacial score (nSPS) is 14.5. The van der Waals surface area contributed by atoms with Gasteiger partial charge in [-0.2, -0.15) is 0 Å². The van der Waals surface area contributed by atoms with Crippen molar-refractivity contribution in [1.82, 2.24) is 0 Å². The van der Waals surface area contributed by atoms with Crippen LogP contribution in [0.3, 0.4) is 0 Å². The van der Waals surface area contributed by atoms with Crippen LogP contribution < -0.4 is 0 Å². The van der Waals surface area contributed by atoms with Crippen molar-refractivity contribution in [2.75, 3.05) is 12.0 Å². The molecule has 0 aliphatic carbocycles. The lowest BCUT2D eigenvalue weighted by Gasteiger charge is -2.23. The molecule has 4 heteroatoms. The Labute approximate surface area is 115 Å². The van der Waals surface area contributed by atoms with Crippen LogP contribution >= 0.6 is 11.6 Å². The van der Waals surface area contributed by atoms with Gasteiger partial charge < -0.3 is 0 Å². The summed E-state index contributed by atoms with van der Waals surface area (Å²) in [6.07, 6.45) is 2.26.